The van der Waals surface area contributed by atoms with E-state index in [4.69, 9.17) is 32.8 Å². The molecule has 10 heteroatoms. The first-order chi connectivity index (χ1) is 21.3. The van der Waals surface area contributed by atoms with Gasteiger partial charge in [-0.15, -0.1) is 0 Å². The zero-order chi connectivity index (χ0) is 34.8. The van der Waals surface area contributed by atoms with Crippen LogP contribution in [-0.2, 0) is 28.1 Å². The van der Waals surface area contributed by atoms with Gasteiger partial charge in [-0.25, -0.2) is 4.79 Å². The first-order valence-electron chi connectivity index (χ1n) is 16.7. The molecule has 1 aromatic carbocycles. The Bertz CT molecular complexity index is 1080. The normalized spacial score (nSPS) is 20.8. The Morgan fingerprint density at radius 3 is 2.22 bits per heavy atom. The summed E-state index contributed by atoms with van der Waals surface area (Å²) in [6.45, 7) is 22.9. The van der Waals surface area contributed by atoms with Crippen molar-refractivity contribution in [1.82, 2.24) is 5.32 Å². The molecule has 0 radical (unpaired) electrons. The number of allylic oxidation sites excluding steroid dienone is 1. The van der Waals surface area contributed by atoms with E-state index in [-0.39, 0.29) is 30.5 Å². The van der Waals surface area contributed by atoms with Crippen molar-refractivity contribution < 1.29 is 37.6 Å². The van der Waals surface area contributed by atoms with Gasteiger partial charge in [0.05, 0.1) is 25.9 Å². The molecule has 1 amide bonds. The van der Waals surface area contributed by atoms with E-state index in [2.05, 4.69) is 70.4 Å². The lowest BCUT2D eigenvalue weighted by molar-refractivity contribution is -0.160. The smallest absolute Gasteiger partial charge is 0.408 e. The van der Waals surface area contributed by atoms with Gasteiger partial charge in [0.2, 0.25) is 0 Å². The lowest BCUT2D eigenvalue weighted by Crippen LogP contribution is -2.58. The highest BCUT2D eigenvalue weighted by atomic mass is 28.4. The molecule has 0 saturated carbocycles. The van der Waals surface area contributed by atoms with Crippen LogP contribution in [0.1, 0.15) is 93.6 Å². The van der Waals surface area contributed by atoms with Gasteiger partial charge in [0.1, 0.15) is 30.4 Å². The number of benzene rings is 1. The minimum absolute atomic E-state index is 0.00272. The highest BCUT2D eigenvalue weighted by Crippen LogP contribution is 2.39. The van der Waals surface area contributed by atoms with Crippen LogP contribution in [0.4, 0.5) is 4.79 Å². The second kappa shape index (κ2) is 17.4. The molecule has 0 spiro atoms. The summed E-state index contributed by atoms with van der Waals surface area (Å²) in [7, 11) is 1.11. The fourth-order valence-electron chi connectivity index (χ4n) is 5.11. The molecule has 0 unspecified atom stereocenters. The molecule has 264 valence electrons. The molecule has 1 heterocycles. The van der Waals surface area contributed by atoms with Crippen LogP contribution < -0.4 is 10.1 Å². The van der Waals surface area contributed by atoms with Gasteiger partial charge < -0.3 is 38.2 Å². The summed E-state index contributed by atoms with van der Waals surface area (Å²) < 4.78 is 42.2. The molecule has 9 nitrogen and oxygen atoms in total. The molecule has 1 N–H and O–H groups in total. The third kappa shape index (κ3) is 13.3. The van der Waals surface area contributed by atoms with E-state index in [0.29, 0.717) is 0 Å². The number of methoxy groups -OCH3 is 2. The van der Waals surface area contributed by atoms with Gasteiger partial charge in [0.25, 0.3) is 0 Å². The Morgan fingerprint density at radius 2 is 1.65 bits per heavy atom. The van der Waals surface area contributed by atoms with Gasteiger partial charge in [-0.2, -0.15) is 0 Å². The average molecular weight is 666 g/mol. The van der Waals surface area contributed by atoms with E-state index >= 15 is 0 Å². The van der Waals surface area contributed by atoms with Crippen molar-refractivity contribution in [2.45, 2.75) is 142 Å². The minimum Gasteiger partial charge on any atom is -0.497 e. The molecule has 1 aromatic rings. The van der Waals surface area contributed by atoms with Crippen LogP contribution in [0.2, 0.25) is 18.1 Å². The predicted molar refractivity (Wildman–Crippen MR) is 187 cm³/mol. The van der Waals surface area contributed by atoms with Crippen LogP contribution in [0.5, 0.6) is 5.75 Å². The number of carbonyl (C=O) groups excluding carboxylic acids is 1. The average Bonchev–Trinajstić information content (AvgIpc) is 3.27. The Hall–Kier alpha value is -1.95. The fourth-order valence-corrected chi connectivity index (χ4v) is 6.12. The van der Waals surface area contributed by atoms with Crippen molar-refractivity contribution >= 4 is 20.5 Å². The summed E-state index contributed by atoms with van der Waals surface area (Å²) in [4.78, 5) is 13.2. The minimum atomic E-state index is -2.14. The molecule has 0 aliphatic carbocycles. The van der Waals surface area contributed by atoms with Gasteiger partial charge in [-0.05, 0) is 95.6 Å². The summed E-state index contributed by atoms with van der Waals surface area (Å²) >= 11 is 0. The molecule has 1 saturated heterocycles. The van der Waals surface area contributed by atoms with Crippen molar-refractivity contribution in [3.05, 3.63) is 35.9 Å². The van der Waals surface area contributed by atoms with Gasteiger partial charge in [0, 0.05) is 7.11 Å². The second-order valence-electron chi connectivity index (χ2n) is 15.4. The fraction of sp³-hybridized carbons (Fsp3) is 0.750. The van der Waals surface area contributed by atoms with Crippen LogP contribution in [-0.4, -0.2) is 77.8 Å². The zero-order valence-electron chi connectivity index (χ0n) is 30.9. The molecular weight excluding hydrogens is 602 g/mol. The topological polar surface area (TPSA) is 93.7 Å². The van der Waals surface area contributed by atoms with Gasteiger partial charge in [0.15, 0.2) is 14.1 Å². The van der Waals surface area contributed by atoms with E-state index < -0.39 is 44.0 Å². The third-order valence-corrected chi connectivity index (χ3v) is 13.2. The number of alkyl carbamates (subject to hydrolysis) is 1. The van der Waals surface area contributed by atoms with Crippen LogP contribution in [0.15, 0.2) is 30.3 Å². The van der Waals surface area contributed by atoms with Crippen molar-refractivity contribution in [1.29, 1.82) is 0 Å². The lowest BCUT2D eigenvalue weighted by atomic mass is 9.89. The van der Waals surface area contributed by atoms with Gasteiger partial charge in [-0.1, -0.05) is 58.4 Å². The SMILES string of the molecule is COCO[C@H](CO[Si](C)(C)C(C)(C)C)[C@H](NC(=O)OC(C)(C)C)[C@@H]1OC(C)(C)O[C@H]1[C@@H](C)CCCC/C=C/c1ccc(OC)cc1. The number of hydrogen-bond donors (Lipinski definition) is 1. The number of ether oxygens (including phenoxy) is 6. The maximum Gasteiger partial charge on any atom is 0.408 e. The molecular formula is C36H63NO8Si. The molecule has 1 aliphatic rings. The van der Waals surface area contributed by atoms with Crippen molar-refractivity contribution in [3.63, 3.8) is 0 Å². The number of amides is 1. The van der Waals surface area contributed by atoms with Gasteiger partial charge >= 0.3 is 6.09 Å². The summed E-state index contributed by atoms with van der Waals surface area (Å²) in [5.41, 5.74) is 0.484. The molecule has 1 aliphatic heterocycles. The molecule has 1 fully saturated rings. The zero-order valence-corrected chi connectivity index (χ0v) is 31.9. The van der Waals surface area contributed by atoms with Crippen LogP contribution >= 0.6 is 0 Å². The Labute approximate surface area is 280 Å². The third-order valence-electron chi connectivity index (χ3n) is 8.68. The summed E-state index contributed by atoms with van der Waals surface area (Å²) in [6, 6.07) is 7.44. The maximum atomic E-state index is 13.2. The summed E-state index contributed by atoms with van der Waals surface area (Å²) in [5.74, 6) is 0.170. The summed E-state index contributed by atoms with van der Waals surface area (Å²) in [5, 5.41) is 3.10. The number of rotatable bonds is 17. The van der Waals surface area contributed by atoms with E-state index in [0.717, 1.165) is 37.0 Å². The number of hydrogen-bond acceptors (Lipinski definition) is 8. The second-order valence-corrected chi connectivity index (χ2v) is 20.2. The highest BCUT2D eigenvalue weighted by molar-refractivity contribution is 6.74. The summed E-state index contributed by atoms with van der Waals surface area (Å²) in [6.07, 6.45) is 6.48. The molecule has 5 atom stereocenters. The lowest BCUT2D eigenvalue weighted by Gasteiger charge is -2.40. The van der Waals surface area contributed by atoms with Crippen molar-refractivity contribution in [2.75, 3.05) is 27.6 Å². The maximum absolute atomic E-state index is 13.2. The van der Waals surface area contributed by atoms with Gasteiger partial charge in [-0.3, -0.25) is 0 Å². The molecule has 46 heavy (non-hydrogen) atoms. The number of carbonyl (C=O) groups is 1. The monoisotopic (exact) mass is 665 g/mol. The van der Waals surface area contributed by atoms with E-state index in [1.165, 1.54) is 0 Å². The van der Waals surface area contributed by atoms with E-state index in [1.807, 2.05) is 46.8 Å². The number of unbranched alkanes of at least 4 members (excludes halogenated alkanes) is 2. The Morgan fingerprint density at radius 1 is 1.02 bits per heavy atom. The Kier molecular flexibility index (Phi) is 15.3. The first-order valence-corrected chi connectivity index (χ1v) is 19.6. The molecule has 0 aromatic heterocycles. The van der Waals surface area contributed by atoms with Crippen LogP contribution in [0.3, 0.4) is 0 Å². The number of nitrogens with one attached hydrogen (secondary N) is 1. The Balaban J connectivity index is 2.22. The van der Waals surface area contributed by atoms with Crippen molar-refractivity contribution in [2.24, 2.45) is 5.92 Å². The van der Waals surface area contributed by atoms with E-state index in [1.54, 1.807) is 14.2 Å². The standard InChI is InChI=1S/C36H63NO8Si/c1-26(18-16-14-15-17-19-27-20-22-28(40-11)23-21-27)31-32(44-36(8,9)43-31)30(37-33(38)45-34(2,3)4)29(41-25-39-10)24-42-46(12,13)35(5,6)7/h17,19-23,26,29-32H,14-16,18,24-25H2,1-13H3,(H,37,38)/b19-17+/t26-,29+,30-,31-,32-/m0/s1. The van der Waals surface area contributed by atoms with Crippen LogP contribution in [0.25, 0.3) is 6.08 Å². The molecule has 0 bridgehead atoms. The van der Waals surface area contributed by atoms with Crippen LogP contribution in [0, 0.1) is 5.92 Å². The first kappa shape index (κ1) is 40.2. The van der Waals surface area contributed by atoms with Crippen molar-refractivity contribution in [3.8, 4) is 5.75 Å². The highest BCUT2D eigenvalue weighted by Gasteiger charge is 2.51. The quantitative estimate of drug-likeness (QED) is 0.101. The van der Waals surface area contributed by atoms with E-state index in [9.17, 15) is 4.79 Å². The largest absolute Gasteiger partial charge is 0.497 e. The predicted octanol–water partition coefficient (Wildman–Crippen LogP) is 8.33. The molecule has 2 rings (SSSR count).